The molecule has 0 aliphatic carbocycles. The largest absolute Gasteiger partial charge is 0.456 e. The van der Waals surface area contributed by atoms with Gasteiger partial charge in [-0.25, -0.2) is 15.0 Å². The molecule has 0 saturated carbocycles. The molecule has 0 fully saturated rings. The molecule has 0 aliphatic heterocycles. The molecule has 2 aromatic heterocycles. The zero-order valence-corrected chi connectivity index (χ0v) is 28.6. The van der Waals surface area contributed by atoms with Crippen molar-refractivity contribution in [1.82, 2.24) is 15.0 Å². The maximum Gasteiger partial charge on any atom is 0.164 e. The van der Waals surface area contributed by atoms with E-state index >= 15 is 0 Å². The van der Waals surface area contributed by atoms with Gasteiger partial charge in [-0.15, -0.1) is 0 Å². The van der Waals surface area contributed by atoms with E-state index in [0.717, 1.165) is 71.7 Å². The van der Waals surface area contributed by atoms with Crippen LogP contribution in [0.25, 0.3) is 100 Å². The number of nitrogens with zero attached hydrogens (tertiary/aromatic N) is 3. The second kappa shape index (κ2) is 12.9. The van der Waals surface area contributed by atoms with Crippen molar-refractivity contribution in [3.8, 4) is 67.5 Å². The van der Waals surface area contributed by atoms with Gasteiger partial charge in [-0.05, 0) is 68.4 Å². The van der Waals surface area contributed by atoms with E-state index in [9.17, 15) is 0 Å². The highest BCUT2D eigenvalue weighted by Crippen LogP contribution is 2.40. The van der Waals surface area contributed by atoms with Crippen LogP contribution in [0.1, 0.15) is 0 Å². The summed E-state index contributed by atoms with van der Waals surface area (Å²) < 4.78 is 6.53. The SMILES string of the molecule is c1ccc(-c2ccccc2-c2nc(-c3ccc4c(c3)oc3cccc(-c5ccccc5)c34)nc(-c3ccc(-c4ccccc4)c4ccccc34)n2)cc1. The average Bonchev–Trinajstić information content (AvgIpc) is 3.62. The van der Waals surface area contributed by atoms with Crippen LogP contribution in [0.15, 0.2) is 192 Å². The summed E-state index contributed by atoms with van der Waals surface area (Å²) in [5.41, 5.74) is 11.1. The third kappa shape index (κ3) is 5.45. The van der Waals surface area contributed by atoms with Crippen molar-refractivity contribution < 1.29 is 4.42 Å². The summed E-state index contributed by atoms with van der Waals surface area (Å²) in [7, 11) is 0. The predicted molar refractivity (Wildman–Crippen MR) is 217 cm³/mol. The van der Waals surface area contributed by atoms with Gasteiger partial charge in [0.05, 0.1) is 0 Å². The molecular formula is C49H31N3O. The zero-order valence-electron chi connectivity index (χ0n) is 28.6. The molecule has 0 aliphatic rings. The molecule has 8 aromatic carbocycles. The second-order valence-corrected chi connectivity index (χ2v) is 13.1. The lowest BCUT2D eigenvalue weighted by Crippen LogP contribution is -2.01. The van der Waals surface area contributed by atoms with Crippen LogP contribution in [0.5, 0.6) is 0 Å². The van der Waals surface area contributed by atoms with Crippen LogP contribution in [0.3, 0.4) is 0 Å². The summed E-state index contributed by atoms with van der Waals surface area (Å²) in [4.78, 5) is 15.6. The highest BCUT2D eigenvalue weighted by Gasteiger charge is 2.19. The van der Waals surface area contributed by atoms with Gasteiger partial charge in [0.15, 0.2) is 17.5 Å². The van der Waals surface area contributed by atoms with Gasteiger partial charge in [0.25, 0.3) is 0 Å². The van der Waals surface area contributed by atoms with E-state index in [0.29, 0.717) is 17.5 Å². The van der Waals surface area contributed by atoms with Crippen molar-refractivity contribution in [1.29, 1.82) is 0 Å². The van der Waals surface area contributed by atoms with Crippen LogP contribution in [0, 0.1) is 0 Å². The fourth-order valence-electron chi connectivity index (χ4n) is 7.48. The first-order chi connectivity index (χ1) is 26.3. The highest BCUT2D eigenvalue weighted by molar-refractivity contribution is 6.13. The van der Waals surface area contributed by atoms with Crippen molar-refractivity contribution in [2.24, 2.45) is 0 Å². The van der Waals surface area contributed by atoms with E-state index in [1.165, 1.54) is 11.1 Å². The van der Waals surface area contributed by atoms with Gasteiger partial charge in [-0.2, -0.15) is 0 Å². The Morgan fingerprint density at radius 3 is 1.49 bits per heavy atom. The first kappa shape index (κ1) is 30.6. The number of hydrogen-bond donors (Lipinski definition) is 0. The van der Waals surface area contributed by atoms with E-state index in [1.54, 1.807) is 0 Å². The van der Waals surface area contributed by atoms with E-state index in [2.05, 4.69) is 158 Å². The lowest BCUT2D eigenvalue weighted by Gasteiger charge is -2.14. The fourth-order valence-corrected chi connectivity index (χ4v) is 7.48. The van der Waals surface area contributed by atoms with Crippen molar-refractivity contribution in [2.45, 2.75) is 0 Å². The molecule has 10 rings (SSSR count). The maximum absolute atomic E-state index is 6.53. The van der Waals surface area contributed by atoms with E-state index < -0.39 is 0 Å². The summed E-state index contributed by atoms with van der Waals surface area (Å²) in [5, 5.41) is 4.37. The van der Waals surface area contributed by atoms with Crippen LogP contribution < -0.4 is 0 Å². The average molecular weight is 678 g/mol. The molecule has 4 nitrogen and oxygen atoms in total. The molecule has 10 aromatic rings. The third-order valence-corrected chi connectivity index (χ3v) is 9.98. The van der Waals surface area contributed by atoms with Crippen LogP contribution >= 0.6 is 0 Å². The molecular weight excluding hydrogens is 647 g/mol. The van der Waals surface area contributed by atoms with Crippen LogP contribution in [0.4, 0.5) is 0 Å². The summed E-state index contributed by atoms with van der Waals surface area (Å²) in [6, 6.07) is 65.0. The normalized spacial score (nSPS) is 11.4. The van der Waals surface area contributed by atoms with Gasteiger partial charge in [-0.3, -0.25) is 0 Å². The monoisotopic (exact) mass is 677 g/mol. The van der Waals surface area contributed by atoms with E-state index in [-0.39, 0.29) is 0 Å². The Morgan fingerprint density at radius 1 is 0.283 bits per heavy atom. The minimum atomic E-state index is 0.578. The van der Waals surface area contributed by atoms with Gasteiger partial charge < -0.3 is 4.42 Å². The quantitative estimate of drug-likeness (QED) is 0.176. The van der Waals surface area contributed by atoms with Gasteiger partial charge in [0, 0.05) is 27.5 Å². The third-order valence-electron chi connectivity index (χ3n) is 9.98. The topological polar surface area (TPSA) is 51.8 Å². The number of furan rings is 1. The summed E-state index contributed by atoms with van der Waals surface area (Å²) in [5.74, 6) is 1.80. The van der Waals surface area contributed by atoms with Gasteiger partial charge in [0.1, 0.15) is 11.2 Å². The Bertz CT molecular complexity index is 2940. The molecule has 0 spiro atoms. The first-order valence-electron chi connectivity index (χ1n) is 17.8. The summed E-state index contributed by atoms with van der Waals surface area (Å²) in [6.45, 7) is 0. The predicted octanol–water partition coefficient (Wildman–Crippen LogP) is 12.9. The molecule has 4 heteroatoms. The minimum absolute atomic E-state index is 0.578. The van der Waals surface area contributed by atoms with Crippen LogP contribution in [-0.4, -0.2) is 15.0 Å². The number of benzene rings is 8. The Balaban J connectivity index is 1.19. The highest BCUT2D eigenvalue weighted by atomic mass is 16.3. The Hall–Kier alpha value is -7.17. The molecule has 0 amide bonds. The summed E-state index contributed by atoms with van der Waals surface area (Å²) in [6.07, 6.45) is 0. The first-order valence-corrected chi connectivity index (χ1v) is 17.8. The van der Waals surface area contributed by atoms with Gasteiger partial charge >= 0.3 is 0 Å². The number of rotatable bonds is 6. The van der Waals surface area contributed by atoms with E-state index in [4.69, 9.17) is 19.4 Å². The van der Waals surface area contributed by atoms with Crippen molar-refractivity contribution in [2.75, 3.05) is 0 Å². The van der Waals surface area contributed by atoms with Gasteiger partial charge in [0.2, 0.25) is 0 Å². The van der Waals surface area contributed by atoms with Crippen molar-refractivity contribution in [3.63, 3.8) is 0 Å². The van der Waals surface area contributed by atoms with Gasteiger partial charge in [-0.1, -0.05) is 164 Å². The lowest BCUT2D eigenvalue weighted by molar-refractivity contribution is 0.669. The number of aromatic nitrogens is 3. The minimum Gasteiger partial charge on any atom is -0.456 e. The molecule has 0 radical (unpaired) electrons. The maximum atomic E-state index is 6.53. The zero-order chi connectivity index (χ0) is 35.1. The molecule has 0 bridgehead atoms. The fraction of sp³-hybridized carbons (Fsp3) is 0. The molecule has 0 unspecified atom stereocenters. The molecule has 248 valence electrons. The van der Waals surface area contributed by atoms with E-state index in [1.807, 2.05) is 30.3 Å². The Kier molecular flexibility index (Phi) is 7.43. The Labute approximate surface area is 306 Å². The van der Waals surface area contributed by atoms with Crippen LogP contribution in [-0.2, 0) is 0 Å². The molecule has 0 saturated heterocycles. The standard InChI is InChI=1S/C49H31N3O/c1-4-15-32(16-5-1)36-21-10-13-24-41(36)48-50-47(35-27-28-43-45(31-35)53-44-26-14-25-38(46(43)44)34-19-8-3-9-20-34)51-49(52-48)42-30-29-37(33-17-6-2-7-18-33)39-22-11-12-23-40(39)42/h1-31H. The van der Waals surface area contributed by atoms with Crippen molar-refractivity contribution >= 4 is 32.7 Å². The molecule has 53 heavy (non-hydrogen) atoms. The van der Waals surface area contributed by atoms with Crippen LogP contribution in [0.2, 0.25) is 0 Å². The second-order valence-electron chi connectivity index (χ2n) is 13.1. The summed E-state index contributed by atoms with van der Waals surface area (Å²) >= 11 is 0. The number of fused-ring (bicyclic) bond motifs is 4. The molecule has 0 N–H and O–H groups in total. The lowest BCUT2D eigenvalue weighted by atomic mass is 9.94. The smallest absolute Gasteiger partial charge is 0.164 e. The molecule has 2 heterocycles. The Morgan fingerprint density at radius 2 is 0.792 bits per heavy atom. The number of hydrogen-bond acceptors (Lipinski definition) is 4. The molecule has 0 atom stereocenters. The van der Waals surface area contributed by atoms with Crippen molar-refractivity contribution in [3.05, 3.63) is 188 Å².